The zero-order valence-electron chi connectivity index (χ0n) is 17.7. The van der Waals surface area contributed by atoms with Gasteiger partial charge in [0.15, 0.2) is 0 Å². The van der Waals surface area contributed by atoms with Gasteiger partial charge in [-0.2, -0.15) is 0 Å². The number of aromatic nitrogens is 2. The molecule has 33 heavy (non-hydrogen) atoms. The normalized spacial score (nSPS) is 10.6. The van der Waals surface area contributed by atoms with E-state index < -0.39 is 22.4 Å². The van der Waals surface area contributed by atoms with Crippen LogP contribution in [0.2, 0.25) is 5.02 Å². The van der Waals surface area contributed by atoms with Crippen molar-refractivity contribution in [1.82, 2.24) is 9.97 Å². The fourth-order valence-corrected chi connectivity index (χ4v) is 3.31. The molecule has 0 amide bonds. The molecule has 0 atom stereocenters. The van der Waals surface area contributed by atoms with Crippen LogP contribution in [-0.2, 0) is 22.6 Å². The quantitative estimate of drug-likeness (QED) is 0.244. The fraction of sp³-hybridized carbons (Fsp3) is 0.286. The second-order valence-electron chi connectivity index (χ2n) is 6.76. The lowest BCUT2D eigenvalue weighted by atomic mass is 10.2. The van der Waals surface area contributed by atoms with Crippen molar-refractivity contribution in [3.05, 3.63) is 75.2 Å². The Morgan fingerprint density at radius 1 is 1.33 bits per heavy atom. The van der Waals surface area contributed by atoms with Crippen LogP contribution in [0.5, 0.6) is 0 Å². The maximum Gasteiger partial charge on any atom is 0.353 e. The van der Waals surface area contributed by atoms with E-state index >= 15 is 0 Å². The minimum Gasteiger partial charge on any atom is -0.467 e. The third-order valence-corrected chi connectivity index (χ3v) is 4.95. The summed E-state index contributed by atoms with van der Waals surface area (Å²) in [6, 6.07) is 7.59. The van der Waals surface area contributed by atoms with Gasteiger partial charge in [0.05, 0.1) is 30.8 Å². The molecule has 0 bridgehead atoms. The van der Waals surface area contributed by atoms with Crippen molar-refractivity contribution in [2.45, 2.75) is 26.4 Å². The number of benzene rings is 1. The van der Waals surface area contributed by atoms with Gasteiger partial charge in [0.25, 0.3) is 0 Å². The molecule has 0 saturated carbocycles. The molecule has 0 unspecified atom stereocenters. The van der Waals surface area contributed by atoms with Crippen LogP contribution >= 0.6 is 11.6 Å². The van der Waals surface area contributed by atoms with E-state index in [0.717, 1.165) is 6.33 Å². The van der Waals surface area contributed by atoms with Gasteiger partial charge in [0.2, 0.25) is 11.6 Å². The van der Waals surface area contributed by atoms with Gasteiger partial charge in [0.1, 0.15) is 17.9 Å². The molecule has 12 heteroatoms. The van der Waals surface area contributed by atoms with Crippen LogP contribution in [0, 0.1) is 15.9 Å². The molecule has 1 aromatic carbocycles. The monoisotopic (exact) mass is 477 g/mol. The third kappa shape index (κ3) is 6.16. The second kappa shape index (κ2) is 11.2. The molecule has 0 fully saturated rings. The van der Waals surface area contributed by atoms with E-state index in [-0.39, 0.29) is 54.9 Å². The molecule has 3 rings (SSSR count). The highest BCUT2D eigenvalue weighted by Crippen LogP contribution is 2.33. The SMILES string of the molecule is CCOC(=O)CCN(Cc1ccco1)c1ncnc(NCc2c(F)cccc2Cl)c1[N+](=O)[O-]. The van der Waals surface area contributed by atoms with Gasteiger partial charge in [-0.15, -0.1) is 0 Å². The van der Waals surface area contributed by atoms with E-state index in [4.69, 9.17) is 20.8 Å². The third-order valence-electron chi connectivity index (χ3n) is 4.60. The smallest absolute Gasteiger partial charge is 0.353 e. The van der Waals surface area contributed by atoms with Crippen LogP contribution in [0.25, 0.3) is 0 Å². The molecule has 174 valence electrons. The summed E-state index contributed by atoms with van der Waals surface area (Å²) in [7, 11) is 0. The number of ether oxygens (including phenoxy) is 1. The Hall–Kier alpha value is -3.73. The number of hydrogen-bond acceptors (Lipinski definition) is 9. The molecule has 10 nitrogen and oxygen atoms in total. The molecular weight excluding hydrogens is 457 g/mol. The zero-order chi connectivity index (χ0) is 23.8. The Balaban J connectivity index is 1.92. The number of nitrogens with one attached hydrogen (secondary N) is 1. The first-order chi connectivity index (χ1) is 15.9. The molecule has 0 radical (unpaired) electrons. The molecule has 0 spiro atoms. The highest BCUT2D eigenvalue weighted by atomic mass is 35.5. The topological polar surface area (TPSA) is 124 Å². The van der Waals surface area contributed by atoms with Crippen molar-refractivity contribution < 1.29 is 23.3 Å². The summed E-state index contributed by atoms with van der Waals surface area (Å²) in [6.07, 6.45) is 2.59. The van der Waals surface area contributed by atoms with Gasteiger partial charge < -0.3 is 19.4 Å². The largest absolute Gasteiger partial charge is 0.467 e. The number of carbonyl (C=O) groups excluding carboxylic acids is 1. The van der Waals surface area contributed by atoms with E-state index in [1.807, 2.05) is 0 Å². The molecule has 2 heterocycles. The first kappa shape index (κ1) is 23.9. The number of carbonyl (C=O) groups is 1. The van der Waals surface area contributed by atoms with Crippen molar-refractivity contribution in [2.24, 2.45) is 0 Å². The lowest BCUT2D eigenvalue weighted by molar-refractivity contribution is -0.383. The Morgan fingerprint density at radius 2 is 2.15 bits per heavy atom. The Labute approximate surface area is 193 Å². The number of rotatable bonds is 11. The van der Waals surface area contributed by atoms with Gasteiger partial charge in [-0.25, -0.2) is 14.4 Å². The molecule has 1 N–H and O–H groups in total. The van der Waals surface area contributed by atoms with E-state index in [0.29, 0.717) is 5.76 Å². The van der Waals surface area contributed by atoms with Crippen LogP contribution in [0.15, 0.2) is 47.3 Å². The van der Waals surface area contributed by atoms with Gasteiger partial charge in [-0.1, -0.05) is 17.7 Å². The summed E-state index contributed by atoms with van der Waals surface area (Å²) >= 11 is 6.05. The predicted molar refractivity (Wildman–Crippen MR) is 118 cm³/mol. The van der Waals surface area contributed by atoms with Gasteiger partial charge >= 0.3 is 11.7 Å². The fourth-order valence-electron chi connectivity index (χ4n) is 3.08. The minimum absolute atomic E-state index is 0.0245. The first-order valence-electron chi connectivity index (χ1n) is 9.99. The number of nitro groups is 1. The van der Waals surface area contributed by atoms with Crippen molar-refractivity contribution >= 4 is 34.9 Å². The van der Waals surface area contributed by atoms with Crippen LogP contribution in [0.3, 0.4) is 0 Å². The van der Waals surface area contributed by atoms with Gasteiger partial charge in [-0.3, -0.25) is 14.9 Å². The maximum absolute atomic E-state index is 14.1. The number of anilines is 2. The average Bonchev–Trinajstić information content (AvgIpc) is 3.29. The van der Waals surface area contributed by atoms with E-state index in [2.05, 4.69) is 15.3 Å². The number of nitrogens with zero attached hydrogens (tertiary/aromatic N) is 4. The second-order valence-corrected chi connectivity index (χ2v) is 7.17. The van der Waals surface area contributed by atoms with Crippen LogP contribution in [0.1, 0.15) is 24.7 Å². The summed E-state index contributed by atoms with van der Waals surface area (Å²) < 4.78 is 24.4. The van der Waals surface area contributed by atoms with Crippen molar-refractivity contribution in [3.8, 4) is 0 Å². The summed E-state index contributed by atoms with van der Waals surface area (Å²) in [5, 5.41) is 14.9. The molecule has 2 aromatic heterocycles. The summed E-state index contributed by atoms with van der Waals surface area (Å²) in [6.45, 7) is 1.97. The lowest BCUT2D eigenvalue weighted by Gasteiger charge is -2.22. The standard InChI is InChI=1S/C21H21ClFN5O5/c1-2-32-18(29)8-9-27(12-14-5-4-10-33-14)21-19(28(30)31)20(25-13-26-21)24-11-15-16(22)6-3-7-17(15)23/h3-7,10,13H,2,8-9,11-12H2,1H3,(H,24,25,26). The molecule has 0 aliphatic rings. The molecular formula is C21H21ClFN5O5. The number of hydrogen-bond donors (Lipinski definition) is 1. The van der Waals surface area contributed by atoms with Crippen molar-refractivity contribution in [2.75, 3.05) is 23.4 Å². The van der Waals surface area contributed by atoms with Gasteiger partial charge in [-0.05, 0) is 31.2 Å². The average molecular weight is 478 g/mol. The van der Waals surface area contributed by atoms with Crippen molar-refractivity contribution in [3.63, 3.8) is 0 Å². The number of esters is 1. The zero-order valence-corrected chi connectivity index (χ0v) is 18.4. The predicted octanol–water partition coefficient (Wildman–Crippen LogP) is 4.34. The Kier molecular flexibility index (Phi) is 8.14. The van der Waals surface area contributed by atoms with Crippen LogP contribution in [0.4, 0.5) is 21.7 Å². The molecule has 3 aromatic rings. The molecule has 0 saturated heterocycles. The highest BCUT2D eigenvalue weighted by Gasteiger charge is 2.28. The lowest BCUT2D eigenvalue weighted by Crippen LogP contribution is -2.28. The van der Waals surface area contributed by atoms with Crippen molar-refractivity contribution in [1.29, 1.82) is 0 Å². The van der Waals surface area contributed by atoms with E-state index in [1.54, 1.807) is 19.1 Å². The summed E-state index contributed by atoms with van der Waals surface area (Å²) in [5.41, 5.74) is -0.288. The Morgan fingerprint density at radius 3 is 2.82 bits per heavy atom. The Bertz CT molecular complexity index is 1090. The number of halogens is 2. The summed E-state index contributed by atoms with van der Waals surface area (Å²) in [4.78, 5) is 32.8. The molecule has 0 aliphatic carbocycles. The minimum atomic E-state index is -0.639. The van der Waals surface area contributed by atoms with Gasteiger partial charge in [0, 0.05) is 23.7 Å². The van der Waals surface area contributed by atoms with E-state index in [9.17, 15) is 19.3 Å². The maximum atomic E-state index is 14.1. The summed E-state index contributed by atoms with van der Waals surface area (Å²) in [5.74, 6) is -0.644. The van der Waals surface area contributed by atoms with E-state index in [1.165, 1.54) is 29.4 Å². The molecule has 0 aliphatic heterocycles. The number of furan rings is 1. The van der Waals surface area contributed by atoms with Crippen LogP contribution in [-0.4, -0.2) is 34.0 Å². The highest BCUT2D eigenvalue weighted by molar-refractivity contribution is 6.31. The van der Waals surface area contributed by atoms with Crippen LogP contribution < -0.4 is 10.2 Å². The first-order valence-corrected chi connectivity index (χ1v) is 10.4.